The minimum absolute atomic E-state index is 0.546. The molecule has 0 radical (unpaired) electrons. The Morgan fingerprint density at radius 3 is 2.50 bits per heavy atom. The Morgan fingerprint density at radius 1 is 1.28 bits per heavy atom. The summed E-state index contributed by atoms with van der Waals surface area (Å²) in [5.74, 6) is -1.09. The molecule has 0 bridgehead atoms. The molecule has 0 saturated carbocycles. The molecular formula is C14H19F2NO. The first kappa shape index (κ1) is 13.4. The molecule has 0 N–H and O–H groups in total. The molecule has 0 amide bonds. The number of halogens is 2. The third-order valence-electron chi connectivity index (χ3n) is 3.63. The summed E-state index contributed by atoms with van der Waals surface area (Å²) >= 11 is 0. The lowest BCUT2D eigenvalue weighted by Crippen LogP contribution is -2.33. The lowest BCUT2D eigenvalue weighted by atomic mass is 9.92. The van der Waals surface area contributed by atoms with E-state index in [-0.39, 0.29) is 0 Å². The number of hydrogen-bond donors (Lipinski definition) is 0. The molecule has 1 aliphatic heterocycles. The van der Waals surface area contributed by atoms with Crippen LogP contribution >= 0.6 is 0 Å². The van der Waals surface area contributed by atoms with Gasteiger partial charge in [-0.3, -0.25) is 0 Å². The van der Waals surface area contributed by atoms with Crippen LogP contribution in [-0.4, -0.2) is 31.6 Å². The van der Waals surface area contributed by atoms with E-state index in [4.69, 9.17) is 4.74 Å². The third-order valence-corrected chi connectivity index (χ3v) is 3.63. The summed E-state index contributed by atoms with van der Waals surface area (Å²) < 4.78 is 32.2. The number of rotatable bonds is 4. The van der Waals surface area contributed by atoms with Crippen molar-refractivity contribution in [2.45, 2.75) is 25.4 Å². The van der Waals surface area contributed by atoms with Crippen molar-refractivity contribution in [1.29, 1.82) is 0 Å². The zero-order valence-electron chi connectivity index (χ0n) is 10.9. The van der Waals surface area contributed by atoms with Crippen molar-refractivity contribution in [2.24, 2.45) is 0 Å². The van der Waals surface area contributed by atoms with Gasteiger partial charge >= 0.3 is 0 Å². The largest absolute Gasteiger partial charge is 0.372 e. The molecule has 1 saturated heterocycles. The number of likely N-dealkylation sites (tertiary alicyclic amines) is 1. The molecule has 2 rings (SSSR count). The van der Waals surface area contributed by atoms with Crippen LogP contribution in [0, 0.1) is 11.6 Å². The van der Waals surface area contributed by atoms with Gasteiger partial charge < -0.3 is 9.64 Å². The topological polar surface area (TPSA) is 12.5 Å². The van der Waals surface area contributed by atoms with Crippen molar-refractivity contribution in [3.8, 4) is 0 Å². The SMILES string of the molecule is CCCN1CCC(OC)(c2cc(F)cc(F)c2)C1. The van der Waals surface area contributed by atoms with Crippen molar-refractivity contribution >= 4 is 0 Å². The highest BCUT2D eigenvalue weighted by Crippen LogP contribution is 2.36. The van der Waals surface area contributed by atoms with Gasteiger partial charge in [-0.2, -0.15) is 0 Å². The summed E-state index contributed by atoms with van der Waals surface area (Å²) in [5, 5.41) is 0. The van der Waals surface area contributed by atoms with Gasteiger partial charge in [-0.05, 0) is 37.1 Å². The zero-order chi connectivity index (χ0) is 13.2. The van der Waals surface area contributed by atoms with Gasteiger partial charge in [0.2, 0.25) is 0 Å². The van der Waals surface area contributed by atoms with Crippen LogP contribution in [0.25, 0.3) is 0 Å². The monoisotopic (exact) mass is 255 g/mol. The number of nitrogens with zero attached hydrogens (tertiary/aromatic N) is 1. The van der Waals surface area contributed by atoms with Crippen LogP contribution in [0.4, 0.5) is 8.78 Å². The maximum absolute atomic E-state index is 13.3. The number of benzene rings is 1. The second-order valence-electron chi connectivity index (χ2n) is 4.88. The molecule has 1 atom stereocenters. The lowest BCUT2D eigenvalue weighted by Gasteiger charge is -2.28. The smallest absolute Gasteiger partial charge is 0.126 e. The molecule has 1 aromatic carbocycles. The molecule has 1 unspecified atom stereocenters. The van der Waals surface area contributed by atoms with Gasteiger partial charge in [0.25, 0.3) is 0 Å². The average Bonchev–Trinajstić information content (AvgIpc) is 2.73. The molecule has 1 fully saturated rings. The van der Waals surface area contributed by atoms with Crippen LogP contribution in [0.1, 0.15) is 25.3 Å². The highest BCUT2D eigenvalue weighted by Gasteiger charge is 2.40. The van der Waals surface area contributed by atoms with Gasteiger partial charge in [-0.1, -0.05) is 6.92 Å². The first-order valence-electron chi connectivity index (χ1n) is 6.34. The van der Waals surface area contributed by atoms with E-state index in [0.29, 0.717) is 12.1 Å². The predicted molar refractivity (Wildman–Crippen MR) is 66.4 cm³/mol. The molecule has 1 heterocycles. The molecule has 4 heteroatoms. The van der Waals surface area contributed by atoms with E-state index in [2.05, 4.69) is 11.8 Å². The molecule has 1 aliphatic rings. The van der Waals surface area contributed by atoms with E-state index >= 15 is 0 Å². The van der Waals surface area contributed by atoms with Crippen LogP contribution in [0.15, 0.2) is 18.2 Å². The van der Waals surface area contributed by atoms with E-state index in [1.165, 1.54) is 12.1 Å². The number of hydrogen-bond acceptors (Lipinski definition) is 2. The fourth-order valence-electron chi connectivity index (χ4n) is 2.70. The lowest BCUT2D eigenvalue weighted by molar-refractivity contribution is -0.00624. The first-order chi connectivity index (χ1) is 8.59. The van der Waals surface area contributed by atoms with Crippen molar-refractivity contribution in [1.82, 2.24) is 4.90 Å². The molecule has 0 aromatic heterocycles. The maximum atomic E-state index is 13.3. The second-order valence-corrected chi connectivity index (χ2v) is 4.88. The molecular weight excluding hydrogens is 236 g/mol. The van der Waals surface area contributed by atoms with Crippen LogP contribution in [0.5, 0.6) is 0 Å². The van der Waals surface area contributed by atoms with Crippen LogP contribution in [0.3, 0.4) is 0 Å². The Balaban J connectivity index is 2.27. The van der Waals surface area contributed by atoms with E-state index in [9.17, 15) is 8.78 Å². The molecule has 0 aliphatic carbocycles. The maximum Gasteiger partial charge on any atom is 0.126 e. The molecule has 1 aromatic rings. The number of ether oxygens (including phenoxy) is 1. The van der Waals surface area contributed by atoms with Crippen molar-refractivity contribution < 1.29 is 13.5 Å². The Bertz CT molecular complexity index is 404. The molecule has 100 valence electrons. The Labute approximate surface area is 107 Å². The normalized spacial score (nSPS) is 24.7. The average molecular weight is 255 g/mol. The third kappa shape index (κ3) is 2.54. The highest BCUT2D eigenvalue weighted by atomic mass is 19.1. The van der Waals surface area contributed by atoms with Gasteiger partial charge in [-0.25, -0.2) is 8.78 Å². The summed E-state index contributed by atoms with van der Waals surface area (Å²) in [5.41, 5.74) is 0.0269. The standard InChI is InChI=1S/C14H19F2NO/c1-3-5-17-6-4-14(10-17,18-2)11-7-12(15)9-13(16)8-11/h7-9H,3-6,10H2,1-2H3. The van der Waals surface area contributed by atoms with E-state index in [1.54, 1.807) is 7.11 Å². The van der Waals surface area contributed by atoms with Crippen LogP contribution in [-0.2, 0) is 10.3 Å². The van der Waals surface area contributed by atoms with Gasteiger partial charge in [0.15, 0.2) is 0 Å². The van der Waals surface area contributed by atoms with Gasteiger partial charge in [0.05, 0.1) is 0 Å². The van der Waals surface area contributed by atoms with Crippen LogP contribution in [0.2, 0.25) is 0 Å². The Hall–Kier alpha value is -1.00. The van der Waals surface area contributed by atoms with E-state index in [1.807, 2.05) is 0 Å². The first-order valence-corrected chi connectivity index (χ1v) is 6.34. The summed E-state index contributed by atoms with van der Waals surface area (Å²) in [6, 6.07) is 3.65. The van der Waals surface area contributed by atoms with E-state index < -0.39 is 17.2 Å². The molecule has 0 spiro atoms. The Morgan fingerprint density at radius 2 is 1.94 bits per heavy atom. The summed E-state index contributed by atoms with van der Waals surface area (Å²) in [7, 11) is 1.61. The minimum Gasteiger partial charge on any atom is -0.372 e. The van der Waals surface area contributed by atoms with Crippen molar-refractivity contribution in [3.05, 3.63) is 35.4 Å². The van der Waals surface area contributed by atoms with Gasteiger partial charge in [0, 0.05) is 26.3 Å². The summed E-state index contributed by atoms with van der Waals surface area (Å²) in [6.45, 7) is 4.71. The molecule has 2 nitrogen and oxygen atoms in total. The fraction of sp³-hybridized carbons (Fsp3) is 0.571. The highest BCUT2D eigenvalue weighted by molar-refractivity contribution is 5.26. The molecule has 18 heavy (non-hydrogen) atoms. The van der Waals surface area contributed by atoms with Crippen LogP contribution < -0.4 is 0 Å². The van der Waals surface area contributed by atoms with Gasteiger partial charge in [-0.15, -0.1) is 0 Å². The van der Waals surface area contributed by atoms with Gasteiger partial charge in [0.1, 0.15) is 17.2 Å². The second kappa shape index (κ2) is 5.33. The predicted octanol–water partition coefficient (Wildman–Crippen LogP) is 2.92. The summed E-state index contributed by atoms with van der Waals surface area (Å²) in [6.07, 6.45) is 1.84. The zero-order valence-corrected chi connectivity index (χ0v) is 10.9. The fourth-order valence-corrected chi connectivity index (χ4v) is 2.70. The Kier molecular flexibility index (Phi) is 3.97. The number of methoxy groups -OCH3 is 1. The summed E-state index contributed by atoms with van der Waals surface area (Å²) in [4.78, 5) is 2.27. The van der Waals surface area contributed by atoms with E-state index in [0.717, 1.165) is 32.0 Å². The minimum atomic E-state index is -0.571. The van der Waals surface area contributed by atoms with Crippen molar-refractivity contribution in [2.75, 3.05) is 26.7 Å². The van der Waals surface area contributed by atoms with Crippen molar-refractivity contribution in [3.63, 3.8) is 0 Å². The quantitative estimate of drug-likeness (QED) is 0.820.